The molecule has 0 aliphatic carbocycles. The van der Waals surface area contributed by atoms with E-state index in [9.17, 15) is 19.7 Å². The fourth-order valence-corrected chi connectivity index (χ4v) is 1.59. The highest BCUT2D eigenvalue weighted by molar-refractivity contribution is 6.33. The molecule has 0 spiro atoms. The topological polar surface area (TPSA) is 95.7 Å². The molecule has 7 nitrogen and oxygen atoms in total. The summed E-state index contributed by atoms with van der Waals surface area (Å²) in [5, 5.41) is 10.5. The van der Waals surface area contributed by atoms with Gasteiger partial charge in [0.05, 0.1) is 17.1 Å². The lowest BCUT2D eigenvalue weighted by atomic mass is 10.2. The molecule has 0 bridgehead atoms. The summed E-state index contributed by atoms with van der Waals surface area (Å²) in [4.78, 5) is 31.8. The smallest absolute Gasteiger partial charge is 0.344 e. The van der Waals surface area contributed by atoms with Gasteiger partial charge in [-0.1, -0.05) is 11.6 Å². The van der Waals surface area contributed by atoms with Gasteiger partial charge in [-0.15, -0.1) is 0 Å². The minimum absolute atomic E-state index is 0.0748. The molecule has 0 fully saturated rings. The number of nitro benzene ring substituents is 1. The number of rotatable bonds is 6. The van der Waals surface area contributed by atoms with Crippen molar-refractivity contribution in [1.82, 2.24) is 0 Å². The van der Waals surface area contributed by atoms with Crippen molar-refractivity contribution in [3.05, 3.63) is 32.8 Å². The molecular weight excluding hydrogens is 278 g/mol. The lowest BCUT2D eigenvalue weighted by molar-refractivity contribution is -0.384. The van der Waals surface area contributed by atoms with Crippen LogP contribution in [0.1, 0.15) is 17.3 Å². The van der Waals surface area contributed by atoms with Gasteiger partial charge in [0, 0.05) is 6.07 Å². The predicted octanol–water partition coefficient (Wildman–Crippen LogP) is 2.00. The average molecular weight is 288 g/mol. The second kappa shape index (κ2) is 6.69. The maximum absolute atomic E-state index is 11.1. The Morgan fingerprint density at radius 2 is 2.21 bits per heavy atom. The summed E-state index contributed by atoms with van der Waals surface area (Å²) in [5.74, 6) is -0.518. The van der Waals surface area contributed by atoms with Crippen LogP contribution in [0.3, 0.4) is 0 Å². The van der Waals surface area contributed by atoms with Gasteiger partial charge in [0.15, 0.2) is 12.9 Å². The molecule has 0 unspecified atom stereocenters. The first-order valence-corrected chi connectivity index (χ1v) is 5.59. The Morgan fingerprint density at radius 3 is 2.74 bits per heavy atom. The van der Waals surface area contributed by atoms with Crippen molar-refractivity contribution in [2.45, 2.75) is 6.92 Å². The van der Waals surface area contributed by atoms with Crippen molar-refractivity contribution in [3.63, 3.8) is 0 Å². The largest absolute Gasteiger partial charge is 0.482 e. The second-order valence-electron chi connectivity index (χ2n) is 3.31. The third-order valence-corrected chi connectivity index (χ3v) is 2.33. The van der Waals surface area contributed by atoms with Crippen LogP contribution < -0.4 is 4.74 Å². The highest BCUT2D eigenvalue weighted by Crippen LogP contribution is 2.32. The van der Waals surface area contributed by atoms with E-state index in [1.54, 1.807) is 6.92 Å². The maximum atomic E-state index is 11.1. The van der Waals surface area contributed by atoms with Gasteiger partial charge < -0.3 is 9.47 Å². The van der Waals surface area contributed by atoms with Crippen LogP contribution in [-0.4, -0.2) is 30.4 Å². The summed E-state index contributed by atoms with van der Waals surface area (Å²) in [6.45, 7) is 1.48. The molecule has 0 radical (unpaired) electrons. The van der Waals surface area contributed by atoms with Crippen LogP contribution in [0.2, 0.25) is 5.02 Å². The lowest BCUT2D eigenvalue weighted by Crippen LogP contribution is -2.14. The zero-order valence-electron chi connectivity index (χ0n) is 9.92. The van der Waals surface area contributed by atoms with Crippen LogP contribution in [0, 0.1) is 10.1 Å². The number of carbonyl (C=O) groups excluding carboxylic acids is 2. The van der Waals surface area contributed by atoms with Crippen molar-refractivity contribution in [2.24, 2.45) is 0 Å². The third kappa shape index (κ3) is 3.92. The first-order valence-electron chi connectivity index (χ1n) is 5.21. The van der Waals surface area contributed by atoms with Gasteiger partial charge in [-0.25, -0.2) is 4.79 Å². The van der Waals surface area contributed by atoms with E-state index in [2.05, 4.69) is 4.74 Å². The predicted molar refractivity (Wildman–Crippen MR) is 65.6 cm³/mol. The third-order valence-electron chi connectivity index (χ3n) is 2.04. The maximum Gasteiger partial charge on any atom is 0.344 e. The number of hydrogen-bond acceptors (Lipinski definition) is 6. The first kappa shape index (κ1) is 14.9. The Labute approximate surface area is 113 Å². The van der Waals surface area contributed by atoms with Gasteiger partial charge in [0.25, 0.3) is 5.69 Å². The van der Waals surface area contributed by atoms with Gasteiger partial charge in [-0.2, -0.15) is 0 Å². The van der Waals surface area contributed by atoms with Crippen molar-refractivity contribution in [2.75, 3.05) is 13.2 Å². The molecule has 0 aliphatic rings. The van der Waals surface area contributed by atoms with E-state index in [4.69, 9.17) is 16.3 Å². The van der Waals surface area contributed by atoms with Gasteiger partial charge in [0.1, 0.15) is 10.8 Å². The quantitative estimate of drug-likeness (QED) is 0.344. The summed E-state index contributed by atoms with van der Waals surface area (Å²) < 4.78 is 9.68. The van der Waals surface area contributed by atoms with E-state index < -0.39 is 16.6 Å². The monoisotopic (exact) mass is 287 g/mol. The van der Waals surface area contributed by atoms with Crippen LogP contribution in [0.15, 0.2) is 12.1 Å². The van der Waals surface area contributed by atoms with Crippen LogP contribution in [0.5, 0.6) is 5.75 Å². The molecule has 0 N–H and O–H groups in total. The molecule has 0 heterocycles. The number of carbonyl (C=O) groups is 2. The zero-order chi connectivity index (χ0) is 14.4. The number of hydrogen-bond donors (Lipinski definition) is 0. The average Bonchev–Trinajstić information content (AvgIpc) is 2.35. The highest BCUT2D eigenvalue weighted by Gasteiger charge is 2.20. The molecule has 0 saturated carbocycles. The first-order chi connectivity index (χ1) is 8.99. The summed E-state index contributed by atoms with van der Waals surface area (Å²) >= 11 is 5.69. The number of nitrogens with zero attached hydrogens (tertiary/aromatic N) is 1. The molecular formula is C11H10ClNO6. The number of nitro groups is 1. The molecule has 1 rings (SSSR count). The van der Waals surface area contributed by atoms with E-state index >= 15 is 0 Å². The Morgan fingerprint density at radius 1 is 1.53 bits per heavy atom. The highest BCUT2D eigenvalue weighted by atomic mass is 35.5. The summed E-state index contributed by atoms with van der Waals surface area (Å²) in [5.41, 5.74) is -0.725. The SMILES string of the molecule is CCOC(=O)COc1cc(Cl)c([N+](=O)[O-])c(C=O)c1. The van der Waals surface area contributed by atoms with E-state index in [1.807, 2.05) is 0 Å². The van der Waals surface area contributed by atoms with Crippen molar-refractivity contribution < 1.29 is 24.0 Å². The molecule has 0 amide bonds. The minimum Gasteiger partial charge on any atom is -0.482 e. The molecule has 1 aromatic rings. The van der Waals surface area contributed by atoms with E-state index in [1.165, 1.54) is 0 Å². The number of benzene rings is 1. The van der Waals surface area contributed by atoms with Crippen LogP contribution in [-0.2, 0) is 9.53 Å². The van der Waals surface area contributed by atoms with Crippen LogP contribution >= 0.6 is 11.6 Å². The van der Waals surface area contributed by atoms with E-state index in [0.29, 0.717) is 6.29 Å². The van der Waals surface area contributed by atoms with Gasteiger partial charge in [-0.3, -0.25) is 14.9 Å². The molecule has 8 heteroatoms. The molecule has 0 aromatic heterocycles. The Bertz CT molecular complexity index is 516. The van der Waals surface area contributed by atoms with Crippen molar-refractivity contribution in [1.29, 1.82) is 0 Å². The Balaban J connectivity index is 2.93. The molecule has 19 heavy (non-hydrogen) atoms. The number of esters is 1. The van der Waals surface area contributed by atoms with Crippen molar-refractivity contribution >= 4 is 29.5 Å². The van der Waals surface area contributed by atoms with Gasteiger partial charge in [-0.05, 0) is 13.0 Å². The van der Waals surface area contributed by atoms with E-state index in [-0.39, 0.29) is 29.5 Å². The Kier molecular flexibility index (Phi) is 5.25. The van der Waals surface area contributed by atoms with Gasteiger partial charge in [0.2, 0.25) is 0 Å². The molecule has 1 aromatic carbocycles. The zero-order valence-corrected chi connectivity index (χ0v) is 10.7. The number of aldehydes is 1. The Hall–Kier alpha value is -2.15. The molecule has 0 atom stereocenters. The molecule has 102 valence electrons. The summed E-state index contributed by atoms with van der Waals surface area (Å²) in [6, 6.07) is 2.29. The lowest BCUT2D eigenvalue weighted by Gasteiger charge is -2.07. The normalized spacial score (nSPS) is 9.79. The van der Waals surface area contributed by atoms with Crippen LogP contribution in [0.4, 0.5) is 5.69 Å². The molecule has 0 aliphatic heterocycles. The molecule has 0 saturated heterocycles. The summed E-state index contributed by atoms with van der Waals surface area (Å²) in [7, 11) is 0. The fourth-order valence-electron chi connectivity index (χ4n) is 1.31. The fraction of sp³-hybridized carbons (Fsp3) is 0.273. The summed E-state index contributed by atoms with van der Waals surface area (Å²) in [6.07, 6.45) is 0.293. The minimum atomic E-state index is -0.763. The van der Waals surface area contributed by atoms with Crippen LogP contribution in [0.25, 0.3) is 0 Å². The van der Waals surface area contributed by atoms with Crippen molar-refractivity contribution in [3.8, 4) is 5.75 Å². The standard InChI is InChI=1S/C11H10ClNO6/c1-2-18-10(15)6-19-8-3-7(5-14)11(13(16)17)9(12)4-8/h3-5H,2,6H2,1H3. The second-order valence-corrected chi connectivity index (χ2v) is 3.72. The number of halogens is 1. The van der Waals surface area contributed by atoms with Gasteiger partial charge >= 0.3 is 5.97 Å². The van der Waals surface area contributed by atoms with E-state index in [0.717, 1.165) is 12.1 Å². The number of ether oxygens (including phenoxy) is 2.